The first kappa shape index (κ1) is 19.1. The minimum atomic E-state index is -0.149. The highest BCUT2D eigenvalue weighted by molar-refractivity contribution is 6.36. The number of aryl methyl sites for hydroxylation is 1. The van der Waals surface area contributed by atoms with Gasteiger partial charge in [0.15, 0.2) is 11.7 Å². The molecule has 146 valence electrons. The standard InChI is InChI=1S/C19H14Cl2N6O2/c20-12-1-6-15(16(21)9-12)17-10-22-19(29-17)8-7-18(28)24-13-2-4-14(5-3-13)27-11-23-25-26-27/h1-6,9-11H,7-8H2,(H,24,28). The number of halogens is 2. The number of tetrazole rings is 1. The van der Waals surface area contributed by atoms with Gasteiger partial charge in [0.05, 0.1) is 16.9 Å². The number of hydrogen-bond acceptors (Lipinski definition) is 6. The summed E-state index contributed by atoms with van der Waals surface area (Å²) in [6.45, 7) is 0. The van der Waals surface area contributed by atoms with Gasteiger partial charge < -0.3 is 9.73 Å². The van der Waals surface area contributed by atoms with Gasteiger partial charge in [-0.05, 0) is 52.9 Å². The van der Waals surface area contributed by atoms with Crippen LogP contribution in [0.3, 0.4) is 0 Å². The molecule has 0 atom stereocenters. The molecule has 0 saturated carbocycles. The topological polar surface area (TPSA) is 98.7 Å². The van der Waals surface area contributed by atoms with Crippen LogP contribution in [0.5, 0.6) is 0 Å². The maximum Gasteiger partial charge on any atom is 0.224 e. The normalized spacial score (nSPS) is 10.8. The molecule has 4 rings (SSSR count). The third-order valence-electron chi connectivity index (χ3n) is 4.08. The van der Waals surface area contributed by atoms with Gasteiger partial charge in [0.2, 0.25) is 5.91 Å². The van der Waals surface area contributed by atoms with Gasteiger partial charge in [-0.3, -0.25) is 4.79 Å². The lowest BCUT2D eigenvalue weighted by atomic mass is 10.2. The van der Waals surface area contributed by atoms with E-state index in [1.807, 2.05) is 12.1 Å². The second kappa shape index (κ2) is 8.42. The largest absolute Gasteiger partial charge is 0.441 e. The van der Waals surface area contributed by atoms with E-state index in [4.69, 9.17) is 27.6 Å². The van der Waals surface area contributed by atoms with Crippen LogP contribution in [-0.2, 0) is 11.2 Å². The molecule has 0 spiro atoms. The number of hydrogen-bond donors (Lipinski definition) is 1. The van der Waals surface area contributed by atoms with Crippen LogP contribution in [0.2, 0.25) is 10.0 Å². The van der Waals surface area contributed by atoms with Crippen LogP contribution in [0.15, 0.2) is 59.4 Å². The summed E-state index contributed by atoms with van der Waals surface area (Å²) in [7, 11) is 0. The molecule has 8 nitrogen and oxygen atoms in total. The van der Waals surface area contributed by atoms with Crippen molar-refractivity contribution in [2.24, 2.45) is 0 Å². The molecule has 0 radical (unpaired) electrons. The van der Waals surface area contributed by atoms with E-state index in [1.165, 1.54) is 11.0 Å². The van der Waals surface area contributed by atoms with E-state index in [0.717, 1.165) is 5.69 Å². The number of anilines is 1. The van der Waals surface area contributed by atoms with Crippen molar-refractivity contribution in [2.45, 2.75) is 12.8 Å². The molecule has 0 saturated heterocycles. The van der Waals surface area contributed by atoms with E-state index in [-0.39, 0.29) is 12.3 Å². The second-order valence-electron chi connectivity index (χ2n) is 6.09. The van der Waals surface area contributed by atoms with Crippen LogP contribution < -0.4 is 5.32 Å². The monoisotopic (exact) mass is 428 g/mol. The lowest BCUT2D eigenvalue weighted by Gasteiger charge is -2.05. The summed E-state index contributed by atoms with van der Waals surface area (Å²) in [5, 5.41) is 14.8. The average Bonchev–Trinajstić information content (AvgIpc) is 3.39. The smallest absolute Gasteiger partial charge is 0.224 e. The first-order valence-corrected chi connectivity index (χ1v) is 9.37. The molecule has 2 heterocycles. The Morgan fingerprint density at radius 3 is 2.69 bits per heavy atom. The third-order valence-corrected chi connectivity index (χ3v) is 4.63. The highest BCUT2D eigenvalue weighted by Crippen LogP contribution is 2.30. The quantitative estimate of drug-likeness (QED) is 0.494. The fourth-order valence-electron chi connectivity index (χ4n) is 2.66. The Bertz CT molecular complexity index is 1130. The zero-order valence-electron chi connectivity index (χ0n) is 14.9. The first-order valence-electron chi connectivity index (χ1n) is 8.62. The molecule has 0 aliphatic heterocycles. The van der Waals surface area contributed by atoms with Gasteiger partial charge in [-0.25, -0.2) is 9.67 Å². The molecule has 0 bridgehead atoms. The molecular formula is C19H14Cl2N6O2. The average molecular weight is 429 g/mol. The lowest BCUT2D eigenvalue weighted by Crippen LogP contribution is -2.12. The van der Waals surface area contributed by atoms with Crippen molar-refractivity contribution in [2.75, 3.05) is 5.32 Å². The van der Waals surface area contributed by atoms with Crippen molar-refractivity contribution >= 4 is 34.8 Å². The molecule has 0 aliphatic carbocycles. The number of carbonyl (C=O) groups excluding carboxylic acids is 1. The number of oxazole rings is 1. The SMILES string of the molecule is O=C(CCc1ncc(-c2ccc(Cl)cc2Cl)o1)Nc1ccc(-n2cnnn2)cc1. The molecule has 4 aromatic rings. The maximum absolute atomic E-state index is 12.2. The number of aromatic nitrogens is 5. The van der Waals surface area contributed by atoms with E-state index in [2.05, 4.69) is 25.8 Å². The number of amides is 1. The van der Waals surface area contributed by atoms with Crippen LogP contribution in [-0.4, -0.2) is 31.1 Å². The van der Waals surface area contributed by atoms with Crippen molar-refractivity contribution in [3.63, 3.8) is 0 Å². The summed E-state index contributed by atoms with van der Waals surface area (Å²) in [6, 6.07) is 12.3. The summed E-state index contributed by atoms with van der Waals surface area (Å²) in [4.78, 5) is 16.4. The Balaban J connectivity index is 1.33. The van der Waals surface area contributed by atoms with E-state index in [9.17, 15) is 4.79 Å². The highest BCUT2D eigenvalue weighted by Gasteiger charge is 2.12. The van der Waals surface area contributed by atoms with Gasteiger partial charge in [-0.2, -0.15) is 0 Å². The van der Waals surface area contributed by atoms with Crippen molar-refractivity contribution in [1.29, 1.82) is 0 Å². The summed E-state index contributed by atoms with van der Waals surface area (Å²) in [5.74, 6) is 0.833. The molecule has 2 aromatic carbocycles. The molecule has 29 heavy (non-hydrogen) atoms. The molecule has 0 fully saturated rings. The van der Waals surface area contributed by atoms with Crippen molar-refractivity contribution in [3.05, 3.63) is 70.9 Å². The number of nitrogens with one attached hydrogen (secondary N) is 1. The minimum Gasteiger partial charge on any atom is -0.441 e. The number of rotatable bonds is 6. The first-order chi connectivity index (χ1) is 14.1. The molecule has 1 amide bonds. The molecular weight excluding hydrogens is 415 g/mol. The number of carbonyl (C=O) groups is 1. The van der Waals surface area contributed by atoms with Gasteiger partial charge in [-0.15, -0.1) is 5.10 Å². The van der Waals surface area contributed by atoms with Gasteiger partial charge >= 0.3 is 0 Å². The van der Waals surface area contributed by atoms with Crippen molar-refractivity contribution in [3.8, 4) is 17.0 Å². The lowest BCUT2D eigenvalue weighted by molar-refractivity contribution is -0.116. The van der Waals surface area contributed by atoms with Gasteiger partial charge in [0, 0.05) is 29.1 Å². The van der Waals surface area contributed by atoms with Crippen LogP contribution in [0.25, 0.3) is 17.0 Å². The van der Waals surface area contributed by atoms with Crippen LogP contribution in [0.4, 0.5) is 5.69 Å². The number of nitrogens with zero attached hydrogens (tertiary/aromatic N) is 5. The predicted molar refractivity (Wildman–Crippen MR) is 108 cm³/mol. The second-order valence-corrected chi connectivity index (χ2v) is 6.94. The zero-order valence-corrected chi connectivity index (χ0v) is 16.4. The Labute approximate surface area is 175 Å². The zero-order chi connectivity index (χ0) is 20.2. The summed E-state index contributed by atoms with van der Waals surface area (Å²) < 4.78 is 7.23. The number of benzene rings is 2. The van der Waals surface area contributed by atoms with Crippen molar-refractivity contribution in [1.82, 2.24) is 25.2 Å². The van der Waals surface area contributed by atoms with E-state index >= 15 is 0 Å². The van der Waals surface area contributed by atoms with Gasteiger partial charge in [0.25, 0.3) is 0 Å². The molecule has 0 aliphatic rings. The Morgan fingerprint density at radius 2 is 1.97 bits per heavy atom. The Hall–Kier alpha value is -3.23. The van der Waals surface area contributed by atoms with Crippen molar-refractivity contribution < 1.29 is 9.21 Å². The Kier molecular flexibility index (Phi) is 5.55. The highest BCUT2D eigenvalue weighted by atomic mass is 35.5. The molecule has 0 unspecified atom stereocenters. The van der Waals surface area contributed by atoms with E-state index < -0.39 is 0 Å². The van der Waals surface area contributed by atoms with Crippen LogP contribution in [0, 0.1) is 0 Å². The summed E-state index contributed by atoms with van der Waals surface area (Å²) in [5.41, 5.74) is 2.16. The fraction of sp³-hybridized carbons (Fsp3) is 0.105. The third kappa shape index (κ3) is 4.61. The summed E-state index contributed by atoms with van der Waals surface area (Å²) >= 11 is 12.1. The fourth-order valence-corrected chi connectivity index (χ4v) is 3.16. The maximum atomic E-state index is 12.2. The van der Waals surface area contributed by atoms with E-state index in [1.54, 1.807) is 36.5 Å². The van der Waals surface area contributed by atoms with Crippen LogP contribution in [0.1, 0.15) is 12.3 Å². The predicted octanol–water partition coefficient (Wildman–Crippen LogP) is 4.20. The molecule has 2 aromatic heterocycles. The van der Waals surface area contributed by atoms with Crippen LogP contribution >= 0.6 is 23.2 Å². The molecule has 1 N–H and O–H groups in total. The van der Waals surface area contributed by atoms with Gasteiger partial charge in [0.1, 0.15) is 6.33 Å². The van der Waals surface area contributed by atoms with E-state index in [0.29, 0.717) is 39.4 Å². The van der Waals surface area contributed by atoms with Gasteiger partial charge in [-0.1, -0.05) is 23.2 Å². The minimum absolute atomic E-state index is 0.149. The summed E-state index contributed by atoms with van der Waals surface area (Å²) in [6.07, 6.45) is 3.66. The Morgan fingerprint density at radius 1 is 1.14 bits per heavy atom. The molecule has 10 heteroatoms.